The molecule has 0 bridgehead atoms. The molecule has 3 heteroatoms. The Bertz CT molecular complexity index is 497. The molecule has 0 N–H and O–H groups in total. The fourth-order valence-electron chi connectivity index (χ4n) is 3.68. The lowest BCUT2D eigenvalue weighted by molar-refractivity contribution is 0.0507. The van der Waals surface area contributed by atoms with E-state index in [4.69, 9.17) is 16.4 Å². The van der Waals surface area contributed by atoms with Gasteiger partial charge in [0.2, 0.25) is 0 Å². The molecule has 1 heterocycles. The molecule has 0 amide bonds. The van der Waals surface area contributed by atoms with E-state index in [0.29, 0.717) is 5.92 Å². The molecule has 22 heavy (non-hydrogen) atoms. The Morgan fingerprint density at radius 3 is 2.09 bits per heavy atom. The Hall–Kier alpha value is -1.02. The van der Waals surface area contributed by atoms with Gasteiger partial charge in [-0.1, -0.05) is 73.8 Å². The first-order valence-electron chi connectivity index (χ1n) is 8.84. The zero-order valence-electron chi connectivity index (χ0n) is 13.3. The van der Waals surface area contributed by atoms with Crippen LogP contribution in [-0.2, 0) is 4.84 Å². The van der Waals surface area contributed by atoms with Crippen LogP contribution in [0.1, 0.15) is 69.8 Å². The second kappa shape index (κ2) is 8.01. The summed E-state index contributed by atoms with van der Waals surface area (Å²) in [5, 5.41) is 5.22. The average Bonchev–Trinajstić information content (AvgIpc) is 2.91. The number of fused-ring (bicyclic) bond motifs is 1. The second-order valence-electron chi connectivity index (χ2n) is 6.64. The highest BCUT2D eigenvalue weighted by atomic mass is 35.5. The number of halogens is 1. The molecule has 1 aromatic carbocycles. The molecule has 0 radical (unpaired) electrons. The smallest absolute Gasteiger partial charge is 0.136 e. The van der Waals surface area contributed by atoms with Crippen molar-refractivity contribution in [3.05, 3.63) is 34.9 Å². The van der Waals surface area contributed by atoms with Crippen molar-refractivity contribution in [2.45, 2.75) is 70.3 Å². The molecule has 120 valence electrons. The summed E-state index contributed by atoms with van der Waals surface area (Å²) in [6.45, 7) is 0. The summed E-state index contributed by atoms with van der Waals surface area (Å²) in [6, 6.07) is 8.04. The van der Waals surface area contributed by atoms with Gasteiger partial charge in [-0.05, 0) is 37.0 Å². The van der Waals surface area contributed by atoms with Crippen molar-refractivity contribution in [3.63, 3.8) is 0 Å². The number of nitrogens with zero attached hydrogens (tertiary/aromatic N) is 1. The molecule has 0 aromatic heterocycles. The molecule has 3 rings (SSSR count). The van der Waals surface area contributed by atoms with Crippen LogP contribution in [0.4, 0.5) is 0 Å². The molecular formula is C19H26ClNO. The Labute approximate surface area is 138 Å². The summed E-state index contributed by atoms with van der Waals surface area (Å²) >= 11 is 6.01. The van der Waals surface area contributed by atoms with Gasteiger partial charge >= 0.3 is 0 Å². The highest BCUT2D eigenvalue weighted by Gasteiger charge is 2.34. The van der Waals surface area contributed by atoms with Gasteiger partial charge in [-0.15, -0.1) is 0 Å². The summed E-state index contributed by atoms with van der Waals surface area (Å²) in [4.78, 5) is 5.81. The van der Waals surface area contributed by atoms with Crippen LogP contribution in [0.5, 0.6) is 0 Å². The van der Waals surface area contributed by atoms with Crippen molar-refractivity contribution >= 4 is 17.3 Å². The van der Waals surface area contributed by atoms with Crippen LogP contribution in [0.25, 0.3) is 0 Å². The van der Waals surface area contributed by atoms with Gasteiger partial charge in [-0.3, -0.25) is 0 Å². The van der Waals surface area contributed by atoms with E-state index in [2.05, 4.69) is 17.3 Å². The Morgan fingerprint density at radius 1 is 0.818 bits per heavy atom. The first-order chi connectivity index (χ1) is 10.8. The van der Waals surface area contributed by atoms with Gasteiger partial charge in [0.1, 0.15) is 6.10 Å². The Kier molecular flexibility index (Phi) is 5.77. The minimum atomic E-state index is 0.283. The lowest BCUT2D eigenvalue weighted by Gasteiger charge is -2.19. The first kappa shape index (κ1) is 15.9. The predicted molar refractivity (Wildman–Crippen MR) is 92.5 cm³/mol. The van der Waals surface area contributed by atoms with Gasteiger partial charge in [-0.2, -0.15) is 0 Å². The summed E-state index contributed by atoms with van der Waals surface area (Å²) in [7, 11) is 0. The maximum Gasteiger partial charge on any atom is 0.136 e. The zero-order chi connectivity index (χ0) is 15.2. The summed E-state index contributed by atoms with van der Waals surface area (Å²) < 4.78 is 0. The molecule has 1 aromatic rings. The number of hydrogen-bond donors (Lipinski definition) is 0. The standard InChI is InChI=1S/C19H26ClNO/c20-16-13-11-15(12-14-16)19-17-9-7-5-3-1-2-4-6-8-10-18(17)22-21-19/h11-14,17-18H,1-10H2. The quantitative estimate of drug-likeness (QED) is 0.624. The van der Waals surface area contributed by atoms with E-state index in [1.54, 1.807) is 0 Å². The van der Waals surface area contributed by atoms with Crippen LogP contribution in [0, 0.1) is 5.92 Å². The summed E-state index contributed by atoms with van der Waals surface area (Å²) in [5.74, 6) is 0.459. The van der Waals surface area contributed by atoms with E-state index in [1.165, 1.54) is 63.4 Å². The SMILES string of the molecule is Clc1ccc(C2=NOC3CCCCCCCCCCC23)cc1. The molecule has 2 unspecified atom stereocenters. The third-order valence-electron chi connectivity index (χ3n) is 4.98. The molecular weight excluding hydrogens is 294 g/mol. The van der Waals surface area contributed by atoms with Gasteiger partial charge in [0.05, 0.1) is 5.71 Å². The minimum Gasteiger partial charge on any atom is -0.392 e. The minimum absolute atomic E-state index is 0.283. The maximum atomic E-state index is 6.01. The lowest BCUT2D eigenvalue weighted by Crippen LogP contribution is -2.24. The predicted octanol–water partition coefficient (Wildman–Crippen LogP) is 5.97. The fraction of sp³-hybridized carbons (Fsp3) is 0.632. The van der Waals surface area contributed by atoms with Crippen molar-refractivity contribution in [2.75, 3.05) is 0 Å². The fourth-order valence-corrected chi connectivity index (χ4v) is 3.80. The lowest BCUT2D eigenvalue weighted by atomic mass is 9.85. The van der Waals surface area contributed by atoms with Crippen molar-refractivity contribution in [3.8, 4) is 0 Å². The van der Waals surface area contributed by atoms with Crippen LogP contribution in [0.15, 0.2) is 29.4 Å². The molecule has 2 nitrogen and oxygen atoms in total. The number of hydrogen-bond acceptors (Lipinski definition) is 2. The number of benzene rings is 1. The van der Waals surface area contributed by atoms with E-state index >= 15 is 0 Å². The van der Waals surface area contributed by atoms with E-state index < -0.39 is 0 Å². The van der Waals surface area contributed by atoms with Crippen LogP contribution >= 0.6 is 11.6 Å². The highest BCUT2D eigenvalue weighted by Crippen LogP contribution is 2.32. The first-order valence-corrected chi connectivity index (χ1v) is 9.22. The van der Waals surface area contributed by atoms with Crippen LogP contribution < -0.4 is 0 Å². The van der Waals surface area contributed by atoms with Crippen molar-refractivity contribution in [1.82, 2.24) is 0 Å². The van der Waals surface area contributed by atoms with Gasteiger partial charge in [0, 0.05) is 10.9 Å². The third kappa shape index (κ3) is 4.04. The number of oxime groups is 1. The average molecular weight is 320 g/mol. The molecule has 1 aliphatic carbocycles. The largest absolute Gasteiger partial charge is 0.392 e. The highest BCUT2D eigenvalue weighted by molar-refractivity contribution is 6.30. The van der Waals surface area contributed by atoms with Crippen molar-refractivity contribution < 1.29 is 4.84 Å². The van der Waals surface area contributed by atoms with Crippen molar-refractivity contribution in [2.24, 2.45) is 11.1 Å². The molecule has 1 aliphatic heterocycles. The van der Waals surface area contributed by atoms with E-state index in [-0.39, 0.29) is 6.10 Å². The maximum absolute atomic E-state index is 6.01. The van der Waals surface area contributed by atoms with Gasteiger partial charge < -0.3 is 4.84 Å². The van der Waals surface area contributed by atoms with E-state index in [0.717, 1.165) is 17.2 Å². The van der Waals surface area contributed by atoms with E-state index in [1.807, 2.05) is 12.1 Å². The van der Waals surface area contributed by atoms with Gasteiger partial charge in [-0.25, -0.2) is 0 Å². The molecule has 0 spiro atoms. The van der Waals surface area contributed by atoms with Gasteiger partial charge in [0.15, 0.2) is 0 Å². The summed E-state index contributed by atoms with van der Waals surface area (Å²) in [5.41, 5.74) is 2.31. The zero-order valence-corrected chi connectivity index (χ0v) is 14.0. The Balaban J connectivity index is 1.70. The van der Waals surface area contributed by atoms with E-state index in [9.17, 15) is 0 Å². The molecule has 1 saturated carbocycles. The third-order valence-corrected chi connectivity index (χ3v) is 5.23. The number of rotatable bonds is 1. The molecule has 1 fully saturated rings. The molecule has 0 saturated heterocycles. The van der Waals surface area contributed by atoms with Crippen LogP contribution in [0.3, 0.4) is 0 Å². The van der Waals surface area contributed by atoms with Crippen LogP contribution in [-0.4, -0.2) is 11.8 Å². The Morgan fingerprint density at radius 2 is 1.41 bits per heavy atom. The molecule has 2 atom stereocenters. The second-order valence-corrected chi connectivity index (χ2v) is 7.08. The monoisotopic (exact) mass is 319 g/mol. The van der Waals surface area contributed by atoms with Crippen LogP contribution in [0.2, 0.25) is 5.02 Å². The summed E-state index contributed by atoms with van der Waals surface area (Å²) in [6.07, 6.45) is 13.4. The molecule has 2 aliphatic rings. The topological polar surface area (TPSA) is 21.6 Å². The van der Waals surface area contributed by atoms with Gasteiger partial charge in [0.25, 0.3) is 0 Å². The van der Waals surface area contributed by atoms with Crippen molar-refractivity contribution in [1.29, 1.82) is 0 Å². The normalized spacial score (nSPS) is 27.0.